The smallest absolute Gasteiger partial charge is 0.404 e. The highest BCUT2D eigenvalue weighted by Gasteiger charge is 2.25. The van der Waals surface area contributed by atoms with Crippen molar-refractivity contribution < 1.29 is 19.1 Å². The summed E-state index contributed by atoms with van der Waals surface area (Å²) in [4.78, 5) is 24.3. The summed E-state index contributed by atoms with van der Waals surface area (Å²) in [6.45, 7) is 2.90. The lowest BCUT2D eigenvalue weighted by atomic mass is 9.99. The molecule has 1 fully saturated rings. The van der Waals surface area contributed by atoms with Crippen molar-refractivity contribution in [3.63, 3.8) is 0 Å². The number of amides is 1. The minimum absolute atomic E-state index is 0.127. The van der Waals surface area contributed by atoms with Gasteiger partial charge in [-0.2, -0.15) is 5.10 Å². The van der Waals surface area contributed by atoms with Crippen molar-refractivity contribution in [2.45, 2.75) is 25.8 Å². The second-order valence-electron chi connectivity index (χ2n) is 6.34. The fourth-order valence-corrected chi connectivity index (χ4v) is 3.33. The molecule has 0 radical (unpaired) electrons. The van der Waals surface area contributed by atoms with Gasteiger partial charge >= 0.3 is 6.09 Å². The second-order valence-corrected chi connectivity index (χ2v) is 6.34. The molecule has 3 rings (SSSR count). The van der Waals surface area contributed by atoms with Crippen molar-refractivity contribution in [3.05, 3.63) is 41.5 Å². The van der Waals surface area contributed by atoms with Crippen LogP contribution in [0.2, 0.25) is 0 Å². The molecule has 2 heterocycles. The van der Waals surface area contributed by atoms with Gasteiger partial charge in [0.05, 0.1) is 11.9 Å². The molecule has 0 bridgehead atoms. The molecule has 136 valence electrons. The fourth-order valence-electron chi connectivity index (χ4n) is 3.33. The first-order valence-electron chi connectivity index (χ1n) is 8.30. The Bertz CT molecular complexity index is 815. The lowest BCUT2D eigenvalue weighted by Crippen LogP contribution is -2.44. The summed E-state index contributed by atoms with van der Waals surface area (Å²) in [6, 6.07) is 4.54. The zero-order chi connectivity index (χ0) is 18.7. The van der Waals surface area contributed by atoms with Gasteiger partial charge in [0, 0.05) is 24.7 Å². The van der Waals surface area contributed by atoms with Crippen LogP contribution >= 0.6 is 0 Å². The summed E-state index contributed by atoms with van der Waals surface area (Å²) in [5.74, 6) is -0.361. The number of halogens is 1. The Morgan fingerprint density at radius 2 is 2.08 bits per heavy atom. The monoisotopic (exact) mass is 358 g/mol. The summed E-state index contributed by atoms with van der Waals surface area (Å²) < 4.78 is 13.9. The highest BCUT2D eigenvalue weighted by Crippen LogP contribution is 2.34. The van der Waals surface area contributed by atoms with E-state index in [9.17, 15) is 14.0 Å². The molecule has 0 aliphatic carbocycles. The third-order valence-corrected chi connectivity index (χ3v) is 4.45. The lowest BCUT2D eigenvalue weighted by Gasteiger charge is -2.34. The summed E-state index contributed by atoms with van der Waals surface area (Å²) in [7, 11) is 0. The summed E-state index contributed by atoms with van der Waals surface area (Å²) in [5.41, 5.74) is 2.82. The Labute approximate surface area is 149 Å². The molecule has 1 aliphatic heterocycles. The van der Waals surface area contributed by atoms with Gasteiger partial charge < -0.3 is 15.3 Å². The van der Waals surface area contributed by atoms with Crippen molar-refractivity contribution in [3.8, 4) is 11.1 Å². The summed E-state index contributed by atoms with van der Waals surface area (Å²) in [6.07, 6.45) is 2.33. The van der Waals surface area contributed by atoms with E-state index in [1.165, 1.54) is 18.3 Å². The molecule has 7 nitrogen and oxygen atoms in total. The molecule has 26 heavy (non-hydrogen) atoms. The van der Waals surface area contributed by atoms with E-state index < -0.39 is 6.09 Å². The lowest BCUT2D eigenvalue weighted by molar-refractivity contribution is 0.111. The highest BCUT2D eigenvalue weighted by atomic mass is 19.1. The van der Waals surface area contributed by atoms with Crippen molar-refractivity contribution in [2.75, 3.05) is 18.0 Å². The van der Waals surface area contributed by atoms with Gasteiger partial charge in [-0.3, -0.25) is 4.79 Å². The van der Waals surface area contributed by atoms with Crippen LogP contribution in [0.5, 0.6) is 0 Å². The Kier molecular flexibility index (Phi) is 5.11. The van der Waals surface area contributed by atoms with Crippen molar-refractivity contribution in [2.24, 2.45) is 0 Å². The van der Waals surface area contributed by atoms with E-state index >= 15 is 0 Å². The first-order valence-corrected chi connectivity index (χ1v) is 8.30. The van der Waals surface area contributed by atoms with E-state index in [1.54, 1.807) is 6.92 Å². The number of aryl methyl sites for hydroxylation is 1. The normalized spacial score (nSPS) is 14.9. The van der Waals surface area contributed by atoms with Crippen LogP contribution in [0.15, 0.2) is 24.4 Å². The van der Waals surface area contributed by atoms with Crippen LogP contribution in [0.4, 0.5) is 14.9 Å². The molecule has 1 aliphatic rings. The Morgan fingerprint density at radius 3 is 2.69 bits per heavy atom. The van der Waals surface area contributed by atoms with E-state index in [4.69, 9.17) is 5.11 Å². The first kappa shape index (κ1) is 17.8. The van der Waals surface area contributed by atoms with Crippen LogP contribution < -0.4 is 10.2 Å². The maximum Gasteiger partial charge on any atom is 0.404 e. The molecule has 8 heteroatoms. The number of aromatic nitrogens is 2. The number of benzene rings is 1. The number of carbonyl (C=O) groups excluding carboxylic acids is 1. The largest absolute Gasteiger partial charge is 0.465 e. The molecule has 2 N–H and O–H groups in total. The van der Waals surface area contributed by atoms with Crippen LogP contribution in [0.3, 0.4) is 0 Å². The predicted octanol–water partition coefficient (Wildman–Crippen LogP) is 2.64. The van der Waals surface area contributed by atoms with E-state index in [-0.39, 0.29) is 17.6 Å². The zero-order valence-electron chi connectivity index (χ0n) is 14.3. The van der Waals surface area contributed by atoms with Gasteiger partial charge in [-0.25, -0.2) is 9.18 Å². The molecule has 1 aromatic heterocycles. The maximum atomic E-state index is 13.9. The third-order valence-electron chi connectivity index (χ3n) is 4.45. The average Bonchev–Trinajstić information content (AvgIpc) is 2.60. The number of nitrogens with one attached hydrogen (secondary N) is 1. The van der Waals surface area contributed by atoms with Crippen molar-refractivity contribution >= 4 is 18.1 Å². The highest BCUT2D eigenvalue weighted by molar-refractivity contribution is 5.90. The minimum Gasteiger partial charge on any atom is -0.465 e. The van der Waals surface area contributed by atoms with Gasteiger partial charge in [-0.05, 0) is 43.0 Å². The van der Waals surface area contributed by atoms with Gasteiger partial charge in [0.2, 0.25) is 0 Å². The standard InChI is InChI=1S/C18H19FN4O3/c1-11-6-12(8-13(19)7-11)15-9-20-22-16(10-24)17(15)23-4-2-14(3-5-23)21-18(25)26/h6-10,14,21H,2-5H2,1H3,(H,25,26). The number of anilines is 1. The summed E-state index contributed by atoms with van der Waals surface area (Å²) >= 11 is 0. The number of rotatable bonds is 4. The number of piperidine rings is 1. The van der Waals surface area contributed by atoms with Crippen LogP contribution in [0.1, 0.15) is 28.9 Å². The Morgan fingerprint density at radius 1 is 1.35 bits per heavy atom. The molecule has 0 spiro atoms. The minimum atomic E-state index is -1.04. The number of carbonyl (C=O) groups is 2. The SMILES string of the molecule is Cc1cc(F)cc(-c2cnnc(C=O)c2N2CCC(NC(=O)O)CC2)c1. The maximum absolute atomic E-state index is 13.9. The molecular weight excluding hydrogens is 339 g/mol. The quantitative estimate of drug-likeness (QED) is 0.816. The number of hydrogen-bond donors (Lipinski definition) is 2. The second kappa shape index (κ2) is 7.47. The molecular formula is C18H19FN4O3. The number of hydrogen-bond acceptors (Lipinski definition) is 5. The van der Waals surface area contributed by atoms with Crippen molar-refractivity contribution in [1.82, 2.24) is 15.5 Å². The number of aldehydes is 1. The number of carboxylic acid groups (broad SMARTS) is 1. The molecule has 0 atom stereocenters. The van der Waals surface area contributed by atoms with Crippen LogP contribution in [0, 0.1) is 12.7 Å². The summed E-state index contributed by atoms with van der Waals surface area (Å²) in [5, 5.41) is 19.1. The molecule has 2 aromatic rings. The molecule has 1 aromatic carbocycles. The van der Waals surface area contributed by atoms with E-state index in [1.807, 2.05) is 11.0 Å². The third kappa shape index (κ3) is 3.79. The van der Waals surface area contributed by atoms with Gasteiger partial charge in [0.1, 0.15) is 11.5 Å². The Hall–Kier alpha value is -3.03. The van der Waals surface area contributed by atoms with Gasteiger partial charge in [-0.15, -0.1) is 5.10 Å². The van der Waals surface area contributed by atoms with E-state index in [2.05, 4.69) is 15.5 Å². The predicted molar refractivity (Wildman–Crippen MR) is 93.9 cm³/mol. The average molecular weight is 358 g/mol. The van der Waals surface area contributed by atoms with Gasteiger partial charge in [-0.1, -0.05) is 6.07 Å². The zero-order valence-corrected chi connectivity index (χ0v) is 14.3. The topological polar surface area (TPSA) is 95.4 Å². The van der Waals surface area contributed by atoms with Crippen LogP contribution in [0.25, 0.3) is 11.1 Å². The van der Waals surface area contributed by atoms with Gasteiger partial charge in [0.25, 0.3) is 0 Å². The van der Waals surface area contributed by atoms with Crippen molar-refractivity contribution in [1.29, 1.82) is 0 Å². The number of nitrogens with zero attached hydrogens (tertiary/aromatic N) is 3. The van der Waals surface area contributed by atoms with Crippen LogP contribution in [-0.2, 0) is 0 Å². The molecule has 0 saturated carbocycles. The van der Waals surface area contributed by atoms with E-state index in [0.29, 0.717) is 49.0 Å². The van der Waals surface area contributed by atoms with E-state index in [0.717, 1.165) is 5.56 Å². The Balaban J connectivity index is 1.96. The van der Waals surface area contributed by atoms with Gasteiger partial charge in [0.15, 0.2) is 6.29 Å². The fraction of sp³-hybridized carbons (Fsp3) is 0.333. The molecule has 0 unspecified atom stereocenters. The molecule has 1 amide bonds. The van der Waals surface area contributed by atoms with Crippen LogP contribution in [-0.4, -0.2) is 46.8 Å². The first-order chi connectivity index (χ1) is 12.5. The molecule has 1 saturated heterocycles.